The van der Waals surface area contributed by atoms with Crippen molar-refractivity contribution in [3.8, 4) is 11.3 Å². The number of nitrogens with two attached hydrogens (primary N) is 2. The Labute approximate surface area is 110 Å². The minimum absolute atomic E-state index is 0.387. The van der Waals surface area contributed by atoms with Crippen LogP contribution < -0.4 is 11.5 Å². The monoisotopic (exact) mass is 254 g/mol. The van der Waals surface area contributed by atoms with Crippen molar-refractivity contribution >= 4 is 22.8 Å². The molecule has 0 aliphatic carbocycles. The van der Waals surface area contributed by atoms with Gasteiger partial charge in [0.1, 0.15) is 23.0 Å². The third-order valence-electron chi connectivity index (χ3n) is 3.10. The lowest BCUT2D eigenvalue weighted by atomic mass is 10.1. The lowest BCUT2D eigenvalue weighted by Crippen LogP contribution is -1.98. The standard InChI is InChI=1S/C13H14N6/c1-7-16-10-4-3-9(17-13(10)19(7)2)8-5-11(14)18-12(15)6-8/h3-6H,1-2H3,(H4,14,15,18). The normalized spacial score (nSPS) is 11.1. The Hall–Kier alpha value is -2.63. The molecule has 0 saturated heterocycles. The summed E-state index contributed by atoms with van der Waals surface area (Å²) in [6, 6.07) is 7.36. The molecule has 6 nitrogen and oxygen atoms in total. The number of aryl methyl sites for hydroxylation is 2. The highest BCUT2D eigenvalue weighted by Gasteiger charge is 2.08. The van der Waals surface area contributed by atoms with Gasteiger partial charge in [-0.25, -0.2) is 15.0 Å². The summed E-state index contributed by atoms with van der Waals surface area (Å²) in [4.78, 5) is 13.0. The molecule has 3 rings (SSSR count). The maximum Gasteiger partial charge on any atom is 0.160 e. The van der Waals surface area contributed by atoms with Crippen LogP contribution in [-0.2, 0) is 7.05 Å². The van der Waals surface area contributed by atoms with Crippen molar-refractivity contribution in [2.24, 2.45) is 7.05 Å². The van der Waals surface area contributed by atoms with Gasteiger partial charge in [0.05, 0.1) is 5.69 Å². The van der Waals surface area contributed by atoms with Gasteiger partial charge in [0.2, 0.25) is 0 Å². The highest BCUT2D eigenvalue weighted by Crippen LogP contribution is 2.23. The highest BCUT2D eigenvalue weighted by atomic mass is 15.1. The van der Waals surface area contributed by atoms with Crippen LogP contribution in [0, 0.1) is 6.92 Å². The first-order valence-electron chi connectivity index (χ1n) is 5.88. The number of imidazole rings is 1. The fourth-order valence-electron chi connectivity index (χ4n) is 2.06. The molecule has 19 heavy (non-hydrogen) atoms. The molecular formula is C13H14N6. The molecule has 6 heteroatoms. The summed E-state index contributed by atoms with van der Waals surface area (Å²) in [5.41, 5.74) is 14.8. The van der Waals surface area contributed by atoms with E-state index in [0.717, 1.165) is 28.2 Å². The number of nitrogen functional groups attached to an aromatic ring is 2. The van der Waals surface area contributed by atoms with Crippen molar-refractivity contribution in [1.29, 1.82) is 0 Å². The molecule has 0 bridgehead atoms. The Morgan fingerprint density at radius 1 is 1.00 bits per heavy atom. The maximum atomic E-state index is 5.71. The van der Waals surface area contributed by atoms with E-state index in [4.69, 9.17) is 11.5 Å². The van der Waals surface area contributed by atoms with E-state index in [1.165, 1.54) is 0 Å². The third kappa shape index (κ3) is 1.87. The smallest absolute Gasteiger partial charge is 0.160 e. The van der Waals surface area contributed by atoms with Gasteiger partial charge in [-0.3, -0.25) is 0 Å². The Bertz CT molecular complexity index is 754. The molecule has 3 aromatic rings. The van der Waals surface area contributed by atoms with Gasteiger partial charge in [-0.2, -0.15) is 0 Å². The molecular weight excluding hydrogens is 240 g/mol. The van der Waals surface area contributed by atoms with Crippen LogP contribution in [0.25, 0.3) is 22.4 Å². The zero-order chi connectivity index (χ0) is 13.6. The van der Waals surface area contributed by atoms with Crippen molar-refractivity contribution < 1.29 is 0 Å². The Kier molecular flexibility index (Phi) is 2.38. The van der Waals surface area contributed by atoms with Crippen LogP contribution in [0.5, 0.6) is 0 Å². The van der Waals surface area contributed by atoms with Crippen LogP contribution in [0.2, 0.25) is 0 Å². The second-order valence-corrected chi connectivity index (χ2v) is 4.46. The van der Waals surface area contributed by atoms with Crippen LogP contribution in [0.3, 0.4) is 0 Å². The summed E-state index contributed by atoms with van der Waals surface area (Å²) in [7, 11) is 1.94. The lowest BCUT2D eigenvalue weighted by Gasteiger charge is -2.04. The second-order valence-electron chi connectivity index (χ2n) is 4.46. The topological polar surface area (TPSA) is 95.6 Å². The predicted molar refractivity (Wildman–Crippen MR) is 75.3 cm³/mol. The van der Waals surface area contributed by atoms with Crippen LogP contribution in [0.4, 0.5) is 11.6 Å². The third-order valence-corrected chi connectivity index (χ3v) is 3.10. The fourth-order valence-corrected chi connectivity index (χ4v) is 2.06. The Morgan fingerprint density at radius 3 is 2.37 bits per heavy atom. The van der Waals surface area contributed by atoms with Crippen LogP contribution in [0.15, 0.2) is 24.3 Å². The van der Waals surface area contributed by atoms with E-state index in [1.54, 1.807) is 12.1 Å². The number of anilines is 2. The molecule has 3 aromatic heterocycles. The van der Waals surface area contributed by atoms with E-state index in [0.29, 0.717) is 11.6 Å². The molecule has 0 aliphatic rings. The van der Waals surface area contributed by atoms with Gasteiger partial charge in [-0.05, 0) is 31.2 Å². The van der Waals surface area contributed by atoms with Crippen LogP contribution >= 0.6 is 0 Å². The van der Waals surface area contributed by atoms with E-state index < -0.39 is 0 Å². The first kappa shape index (κ1) is 11.5. The second kappa shape index (κ2) is 3.94. The molecule has 0 saturated carbocycles. The average Bonchev–Trinajstić information content (AvgIpc) is 2.64. The summed E-state index contributed by atoms with van der Waals surface area (Å²) in [5.74, 6) is 1.70. The minimum Gasteiger partial charge on any atom is -0.384 e. The van der Waals surface area contributed by atoms with Gasteiger partial charge >= 0.3 is 0 Å². The molecule has 0 spiro atoms. The molecule has 0 unspecified atom stereocenters. The first-order valence-corrected chi connectivity index (χ1v) is 5.88. The van der Waals surface area contributed by atoms with E-state index in [2.05, 4.69) is 15.0 Å². The number of nitrogens with zero attached hydrogens (tertiary/aromatic N) is 4. The number of aromatic nitrogens is 4. The molecule has 0 fully saturated rings. The van der Waals surface area contributed by atoms with Gasteiger partial charge in [-0.1, -0.05) is 0 Å². The van der Waals surface area contributed by atoms with Crippen LogP contribution in [-0.4, -0.2) is 19.5 Å². The van der Waals surface area contributed by atoms with Gasteiger partial charge in [-0.15, -0.1) is 0 Å². The number of hydrogen-bond acceptors (Lipinski definition) is 5. The summed E-state index contributed by atoms with van der Waals surface area (Å²) >= 11 is 0. The molecule has 0 atom stereocenters. The first-order chi connectivity index (χ1) is 9.04. The summed E-state index contributed by atoms with van der Waals surface area (Å²) in [6.07, 6.45) is 0. The van der Waals surface area contributed by atoms with Crippen molar-refractivity contribution in [3.05, 3.63) is 30.1 Å². The summed E-state index contributed by atoms with van der Waals surface area (Å²) in [5, 5.41) is 0. The van der Waals surface area contributed by atoms with E-state index in [-0.39, 0.29) is 0 Å². The van der Waals surface area contributed by atoms with Crippen molar-refractivity contribution in [2.75, 3.05) is 11.5 Å². The van der Waals surface area contributed by atoms with Gasteiger partial charge in [0.15, 0.2) is 5.65 Å². The molecule has 0 aromatic carbocycles. The van der Waals surface area contributed by atoms with Crippen molar-refractivity contribution in [2.45, 2.75) is 6.92 Å². The van der Waals surface area contributed by atoms with Gasteiger partial charge in [0, 0.05) is 12.6 Å². The number of rotatable bonds is 1. The summed E-state index contributed by atoms with van der Waals surface area (Å²) < 4.78 is 1.95. The predicted octanol–water partition coefficient (Wildman–Crippen LogP) is 1.50. The molecule has 0 amide bonds. The van der Waals surface area contributed by atoms with Gasteiger partial charge < -0.3 is 16.0 Å². The number of pyridine rings is 2. The quantitative estimate of drug-likeness (QED) is 0.686. The minimum atomic E-state index is 0.387. The number of fused-ring (bicyclic) bond motifs is 1. The number of hydrogen-bond donors (Lipinski definition) is 2. The van der Waals surface area contributed by atoms with E-state index >= 15 is 0 Å². The fraction of sp³-hybridized carbons (Fsp3) is 0.154. The molecule has 96 valence electrons. The van der Waals surface area contributed by atoms with Crippen LogP contribution in [0.1, 0.15) is 5.82 Å². The molecule has 0 aliphatic heterocycles. The molecule has 4 N–H and O–H groups in total. The van der Waals surface area contributed by atoms with Crippen molar-refractivity contribution in [3.63, 3.8) is 0 Å². The zero-order valence-corrected chi connectivity index (χ0v) is 10.8. The SMILES string of the molecule is Cc1nc2ccc(-c3cc(N)nc(N)c3)nc2n1C. The lowest BCUT2D eigenvalue weighted by molar-refractivity contribution is 0.874. The zero-order valence-electron chi connectivity index (χ0n) is 10.8. The Balaban J connectivity index is 2.22. The highest BCUT2D eigenvalue weighted by molar-refractivity contribution is 5.77. The largest absolute Gasteiger partial charge is 0.384 e. The average molecular weight is 254 g/mol. The Morgan fingerprint density at radius 2 is 1.68 bits per heavy atom. The summed E-state index contributed by atoms with van der Waals surface area (Å²) in [6.45, 7) is 1.95. The molecule has 3 heterocycles. The van der Waals surface area contributed by atoms with Gasteiger partial charge in [0.25, 0.3) is 0 Å². The van der Waals surface area contributed by atoms with Crippen molar-refractivity contribution in [1.82, 2.24) is 19.5 Å². The van der Waals surface area contributed by atoms with E-state index in [1.807, 2.05) is 30.7 Å². The molecule has 0 radical (unpaired) electrons. The van der Waals surface area contributed by atoms with E-state index in [9.17, 15) is 0 Å². The maximum absolute atomic E-state index is 5.71.